The van der Waals surface area contributed by atoms with Gasteiger partial charge in [0.15, 0.2) is 0 Å². The maximum Gasteiger partial charge on any atom is 0.0898 e. The Balaban J connectivity index is 1.58. The SMILES string of the molecule is CC1(NCC(O)COCc2cccs2)CCCC1. The van der Waals surface area contributed by atoms with Crippen molar-refractivity contribution in [3.63, 3.8) is 0 Å². The van der Waals surface area contributed by atoms with Gasteiger partial charge in [0, 0.05) is 17.0 Å². The van der Waals surface area contributed by atoms with Crippen molar-refractivity contribution in [3.05, 3.63) is 22.4 Å². The van der Waals surface area contributed by atoms with Gasteiger partial charge in [0.1, 0.15) is 0 Å². The molecule has 18 heavy (non-hydrogen) atoms. The molecule has 4 heteroatoms. The highest BCUT2D eigenvalue weighted by Gasteiger charge is 2.28. The molecule has 102 valence electrons. The Morgan fingerprint density at radius 2 is 2.28 bits per heavy atom. The summed E-state index contributed by atoms with van der Waals surface area (Å²) in [6.07, 6.45) is 4.62. The fraction of sp³-hybridized carbons (Fsp3) is 0.714. The maximum atomic E-state index is 9.87. The van der Waals surface area contributed by atoms with E-state index in [1.807, 2.05) is 11.4 Å². The standard InChI is InChI=1S/C14H23NO2S/c1-14(6-2-3-7-14)15-9-12(16)10-17-11-13-5-4-8-18-13/h4-5,8,12,15-16H,2-3,6-7,9-11H2,1H3. The Morgan fingerprint density at radius 1 is 1.50 bits per heavy atom. The zero-order valence-electron chi connectivity index (χ0n) is 11.0. The van der Waals surface area contributed by atoms with E-state index in [0.717, 1.165) is 0 Å². The van der Waals surface area contributed by atoms with Crippen molar-refractivity contribution < 1.29 is 9.84 Å². The van der Waals surface area contributed by atoms with Gasteiger partial charge >= 0.3 is 0 Å². The molecule has 1 aromatic rings. The average Bonchev–Trinajstić information content (AvgIpc) is 2.99. The molecular formula is C14H23NO2S. The van der Waals surface area contributed by atoms with Crippen molar-refractivity contribution in [3.8, 4) is 0 Å². The Hall–Kier alpha value is -0.420. The molecule has 1 heterocycles. The molecule has 1 unspecified atom stereocenters. The summed E-state index contributed by atoms with van der Waals surface area (Å²) < 4.78 is 5.51. The minimum absolute atomic E-state index is 0.231. The van der Waals surface area contributed by atoms with E-state index in [1.165, 1.54) is 30.6 Å². The lowest BCUT2D eigenvalue weighted by atomic mass is 10.0. The number of nitrogens with one attached hydrogen (secondary N) is 1. The van der Waals surface area contributed by atoms with Crippen LogP contribution in [0.5, 0.6) is 0 Å². The largest absolute Gasteiger partial charge is 0.389 e. The predicted molar refractivity (Wildman–Crippen MR) is 74.9 cm³/mol. The third-order valence-corrected chi connectivity index (χ3v) is 4.46. The second kappa shape index (κ2) is 6.66. The fourth-order valence-corrected chi connectivity index (χ4v) is 3.09. The fourth-order valence-electron chi connectivity index (χ4n) is 2.45. The summed E-state index contributed by atoms with van der Waals surface area (Å²) in [4.78, 5) is 1.21. The van der Waals surface area contributed by atoms with Crippen molar-refractivity contribution in [2.45, 2.75) is 50.9 Å². The number of hydrogen-bond acceptors (Lipinski definition) is 4. The topological polar surface area (TPSA) is 41.5 Å². The van der Waals surface area contributed by atoms with Gasteiger partial charge in [0.05, 0.1) is 19.3 Å². The van der Waals surface area contributed by atoms with Gasteiger partial charge < -0.3 is 15.2 Å². The molecule has 0 radical (unpaired) electrons. The van der Waals surface area contributed by atoms with E-state index in [2.05, 4.69) is 18.3 Å². The lowest BCUT2D eigenvalue weighted by Gasteiger charge is -2.26. The van der Waals surface area contributed by atoms with Crippen LogP contribution in [0, 0.1) is 0 Å². The molecule has 0 amide bonds. The molecule has 2 rings (SSSR count). The van der Waals surface area contributed by atoms with Crippen LogP contribution in [0.1, 0.15) is 37.5 Å². The van der Waals surface area contributed by atoms with Crippen LogP contribution in [-0.2, 0) is 11.3 Å². The van der Waals surface area contributed by atoms with Crippen molar-refractivity contribution in [2.24, 2.45) is 0 Å². The Morgan fingerprint density at radius 3 is 2.94 bits per heavy atom. The highest BCUT2D eigenvalue weighted by atomic mass is 32.1. The van der Waals surface area contributed by atoms with Crippen molar-refractivity contribution in [2.75, 3.05) is 13.2 Å². The first kappa shape index (κ1) is 14.0. The molecule has 1 aliphatic rings. The zero-order valence-corrected chi connectivity index (χ0v) is 11.8. The van der Waals surface area contributed by atoms with E-state index in [0.29, 0.717) is 19.8 Å². The third-order valence-electron chi connectivity index (χ3n) is 3.61. The first-order valence-corrected chi connectivity index (χ1v) is 7.59. The number of rotatable bonds is 7. The van der Waals surface area contributed by atoms with Crippen molar-refractivity contribution in [1.82, 2.24) is 5.32 Å². The Labute approximate surface area is 113 Å². The van der Waals surface area contributed by atoms with Crippen LogP contribution in [0.25, 0.3) is 0 Å². The van der Waals surface area contributed by atoms with Crippen LogP contribution >= 0.6 is 11.3 Å². The lowest BCUT2D eigenvalue weighted by molar-refractivity contribution is 0.0263. The van der Waals surface area contributed by atoms with Gasteiger partial charge in [0.2, 0.25) is 0 Å². The summed E-state index contributed by atoms with van der Waals surface area (Å²) in [7, 11) is 0. The molecule has 0 saturated heterocycles. The van der Waals surface area contributed by atoms with Gasteiger partial charge in [-0.3, -0.25) is 0 Å². The second-order valence-electron chi connectivity index (χ2n) is 5.40. The van der Waals surface area contributed by atoms with E-state index in [1.54, 1.807) is 11.3 Å². The molecule has 1 fully saturated rings. The van der Waals surface area contributed by atoms with Crippen LogP contribution in [0.2, 0.25) is 0 Å². The first-order valence-electron chi connectivity index (χ1n) is 6.71. The zero-order chi connectivity index (χ0) is 12.8. The van der Waals surface area contributed by atoms with E-state index in [-0.39, 0.29) is 5.54 Å². The van der Waals surface area contributed by atoms with Crippen LogP contribution in [0.15, 0.2) is 17.5 Å². The molecule has 3 nitrogen and oxygen atoms in total. The monoisotopic (exact) mass is 269 g/mol. The van der Waals surface area contributed by atoms with Crippen LogP contribution in [0.3, 0.4) is 0 Å². The number of aliphatic hydroxyl groups is 1. The second-order valence-corrected chi connectivity index (χ2v) is 6.43. The van der Waals surface area contributed by atoms with Crippen molar-refractivity contribution >= 4 is 11.3 Å². The molecule has 1 aromatic heterocycles. The molecule has 1 atom stereocenters. The van der Waals surface area contributed by atoms with E-state index in [9.17, 15) is 5.11 Å². The molecule has 1 aliphatic carbocycles. The summed E-state index contributed by atoms with van der Waals surface area (Å²) in [6.45, 7) is 3.88. The Bertz CT molecular complexity index is 334. The third kappa shape index (κ3) is 4.35. The molecule has 2 N–H and O–H groups in total. The number of β-amino-alcohol motifs (C(OH)–C–C–N with tert-alkyl or cyclic N) is 1. The quantitative estimate of drug-likeness (QED) is 0.799. The summed E-state index contributed by atoms with van der Waals surface area (Å²) in [5.41, 5.74) is 0.231. The van der Waals surface area contributed by atoms with Crippen LogP contribution < -0.4 is 5.32 Å². The van der Waals surface area contributed by atoms with Gasteiger partial charge in [-0.2, -0.15) is 0 Å². The van der Waals surface area contributed by atoms with Gasteiger partial charge in [-0.15, -0.1) is 11.3 Å². The van der Waals surface area contributed by atoms with Gasteiger partial charge in [-0.05, 0) is 31.2 Å². The smallest absolute Gasteiger partial charge is 0.0898 e. The van der Waals surface area contributed by atoms with Gasteiger partial charge in [-0.25, -0.2) is 0 Å². The maximum absolute atomic E-state index is 9.87. The molecular weight excluding hydrogens is 246 g/mol. The van der Waals surface area contributed by atoms with Crippen molar-refractivity contribution in [1.29, 1.82) is 0 Å². The highest BCUT2D eigenvalue weighted by Crippen LogP contribution is 2.28. The number of thiophene rings is 1. The van der Waals surface area contributed by atoms with E-state index >= 15 is 0 Å². The van der Waals surface area contributed by atoms with Gasteiger partial charge in [-0.1, -0.05) is 18.9 Å². The number of ether oxygens (including phenoxy) is 1. The van der Waals surface area contributed by atoms with E-state index < -0.39 is 6.10 Å². The summed E-state index contributed by atoms with van der Waals surface area (Å²) in [5.74, 6) is 0. The summed E-state index contributed by atoms with van der Waals surface area (Å²) in [5, 5.41) is 15.4. The normalized spacial score (nSPS) is 20.1. The molecule has 0 aromatic carbocycles. The first-order chi connectivity index (χ1) is 8.68. The molecule has 0 spiro atoms. The minimum Gasteiger partial charge on any atom is -0.389 e. The summed E-state index contributed by atoms with van der Waals surface area (Å²) >= 11 is 1.69. The lowest BCUT2D eigenvalue weighted by Crippen LogP contribution is -2.44. The minimum atomic E-state index is -0.414. The van der Waals surface area contributed by atoms with Crippen LogP contribution in [0.4, 0.5) is 0 Å². The number of hydrogen-bond donors (Lipinski definition) is 2. The molecule has 1 saturated carbocycles. The number of aliphatic hydroxyl groups excluding tert-OH is 1. The van der Waals surface area contributed by atoms with Crippen LogP contribution in [-0.4, -0.2) is 29.9 Å². The highest BCUT2D eigenvalue weighted by molar-refractivity contribution is 7.09. The molecule has 0 bridgehead atoms. The van der Waals surface area contributed by atoms with Gasteiger partial charge in [0.25, 0.3) is 0 Å². The summed E-state index contributed by atoms with van der Waals surface area (Å²) in [6, 6.07) is 4.07. The average molecular weight is 269 g/mol. The van der Waals surface area contributed by atoms with E-state index in [4.69, 9.17) is 4.74 Å². The molecule has 0 aliphatic heterocycles. The Kier molecular flexibility index (Phi) is 5.18. The predicted octanol–water partition coefficient (Wildman–Crippen LogP) is 2.55.